The molecule has 4 nitrogen and oxygen atoms in total. The van der Waals surface area contributed by atoms with Gasteiger partial charge < -0.3 is 5.11 Å². The largest absolute Gasteiger partial charge is 0.481 e. The number of carbonyl (C=O) groups is 1. The van der Waals surface area contributed by atoms with Crippen LogP contribution in [-0.2, 0) is 24.7 Å². The van der Waals surface area contributed by atoms with Gasteiger partial charge >= 0.3 is 5.97 Å². The van der Waals surface area contributed by atoms with E-state index in [1.54, 1.807) is 4.68 Å². The van der Waals surface area contributed by atoms with Crippen molar-refractivity contribution in [1.82, 2.24) is 9.78 Å². The Labute approximate surface area is 106 Å². The quantitative estimate of drug-likeness (QED) is 0.900. The second-order valence-electron chi connectivity index (χ2n) is 4.80. The standard InChI is InChI=1S/C12H17ClN2O2/c1-3-8-10(13)9(15(2)14-8)7-12(11(16)17)5-4-6-12/h3-7H2,1-2H3,(H,16,17). The predicted molar refractivity (Wildman–Crippen MR) is 65.2 cm³/mol. The Hall–Kier alpha value is -1.03. The zero-order chi connectivity index (χ0) is 12.6. The molecular formula is C12H17ClN2O2. The van der Waals surface area contributed by atoms with Gasteiger partial charge in [-0.25, -0.2) is 0 Å². The smallest absolute Gasteiger partial charge is 0.310 e. The summed E-state index contributed by atoms with van der Waals surface area (Å²) in [5.74, 6) is -0.709. The zero-order valence-electron chi connectivity index (χ0n) is 10.2. The van der Waals surface area contributed by atoms with Crippen LogP contribution < -0.4 is 0 Å². The van der Waals surface area contributed by atoms with Gasteiger partial charge in [-0.2, -0.15) is 5.10 Å². The Bertz CT molecular complexity index is 450. The van der Waals surface area contributed by atoms with Gasteiger partial charge in [0.05, 0.1) is 21.8 Å². The lowest BCUT2D eigenvalue weighted by Crippen LogP contribution is -2.40. The molecule has 1 saturated carbocycles. The molecule has 0 spiro atoms. The summed E-state index contributed by atoms with van der Waals surface area (Å²) in [6, 6.07) is 0. The van der Waals surface area contributed by atoms with Crippen LogP contribution in [0.3, 0.4) is 0 Å². The normalized spacial score (nSPS) is 17.8. The molecule has 0 atom stereocenters. The molecule has 0 saturated heterocycles. The van der Waals surface area contributed by atoms with Crippen molar-refractivity contribution in [2.24, 2.45) is 12.5 Å². The van der Waals surface area contributed by atoms with Gasteiger partial charge in [-0.05, 0) is 19.3 Å². The number of aromatic nitrogens is 2. The molecule has 17 heavy (non-hydrogen) atoms. The number of aryl methyl sites for hydroxylation is 2. The molecule has 1 aliphatic carbocycles. The van der Waals surface area contributed by atoms with E-state index in [4.69, 9.17) is 11.6 Å². The number of nitrogens with zero attached hydrogens (tertiary/aromatic N) is 2. The minimum Gasteiger partial charge on any atom is -0.481 e. The van der Waals surface area contributed by atoms with Crippen LogP contribution in [0.2, 0.25) is 5.02 Å². The van der Waals surface area contributed by atoms with Crippen molar-refractivity contribution in [3.8, 4) is 0 Å². The van der Waals surface area contributed by atoms with Crippen LogP contribution in [0.5, 0.6) is 0 Å². The third-order valence-corrected chi connectivity index (χ3v) is 4.21. The van der Waals surface area contributed by atoms with E-state index in [-0.39, 0.29) is 0 Å². The summed E-state index contributed by atoms with van der Waals surface area (Å²) in [5.41, 5.74) is 1.09. The number of hydrogen-bond acceptors (Lipinski definition) is 2. The molecule has 1 N–H and O–H groups in total. The average molecular weight is 257 g/mol. The summed E-state index contributed by atoms with van der Waals surface area (Å²) in [6.45, 7) is 1.99. The average Bonchev–Trinajstić information content (AvgIpc) is 2.48. The zero-order valence-corrected chi connectivity index (χ0v) is 10.9. The number of hydrogen-bond donors (Lipinski definition) is 1. The third kappa shape index (κ3) is 1.95. The second-order valence-corrected chi connectivity index (χ2v) is 5.18. The van der Waals surface area contributed by atoms with Gasteiger partial charge in [0, 0.05) is 13.5 Å². The fourth-order valence-electron chi connectivity index (χ4n) is 2.40. The van der Waals surface area contributed by atoms with Crippen molar-refractivity contribution < 1.29 is 9.90 Å². The lowest BCUT2D eigenvalue weighted by Gasteiger charge is -2.37. The van der Waals surface area contributed by atoms with E-state index in [9.17, 15) is 9.90 Å². The second kappa shape index (κ2) is 4.33. The van der Waals surface area contributed by atoms with Crippen LogP contribution >= 0.6 is 11.6 Å². The minimum absolute atomic E-state index is 0.491. The summed E-state index contributed by atoms with van der Waals surface area (Å²) < 4.78 is 1.73. The van der Waals surface area contributed by atoms with Gasteiger partial charge in [0.2, 0.25) is 0 Å². The lowest BCUT2D eigenvalue weighted by molar-refractivity contribution is -0.154. The van der Waals surface area contributed by atoms with E-state index in [1.807, 2.05) is 14.0 Å². The topological polar surface area (TPSA) is 55.1 Å². The SMILES string of the molecule is CCc1nn(C)c(CC2(C(=O)O)CCC2)c1Cl. The molecule has 2 rings (SSSR count). The summed E-state index contributed by atoms with van der Waals surface area (Å²) in [7, 11) is 1.83. The van der Waals surface area contributed by atoms with E-state index >= 15 is 0 Å². The first-order valence-electron chi connectivity index (χ1n) is 5.94. The molecular weight excluding hydrogens is 240 g/mol. The summed E-state index contributed by atoms with van der Waals surface area (Å²) in [6.07, 6.45) is 3.73. The Balaban J connectivity index is 2.29. The van der Waals surface area contributed by atoms with Crippen molar-refractivity contribution >= 4 is 17.6 Å². The van der Waals surface area contributed by atoms with E-state index in [0.29, 0.717) is 11.4 Å². The van der Waals surface area contributed by atoms with Gasteiger partial charge in [-0.3, -0.25) is 9.48 Å². The fourth-order valence-corrected chi connectivity index (χ4v) is 2.76. The molecule has 0 aliphatic heterocycles. The first-order chi connectivity index (χ1) is 8.00. The highest BCUT2D eigenvalue weighted by Gasteiger charge is 2.45. The predicted octanol–water partition coefficient (Wildman–Crippen LogP) is 2.43. The fraction of sp³-hybridized carbons (Fsp3) is 0.667. The van der Waals surface area contributed by atoms with Gasteiger partial charge in [-0.15, -0.1) is 0 Å². The summed E-state index contributed by atoms with van der Waals surface area (Å²) >= 11 is 6.25. The van der Waals surface area contributed by atoms with Crippen molar-refractivity contribution in [1.29, 1.82) is 0 Å². The van der Waals surface area contributed by atoms with Crippen LogP contribution in [0.1, 0.15) is 37.6 Å². The van der Waals surface area contributed by atoms with Crippen molar-refractivity contribution in [3.63, 3.8) is 0 Å². The van der Waals surface area contributed by atoms with Crippen LogP contribution in [-0.4, -0.2) is 20.9 Å². The van der Waals surface area contributed by atoms with E-state index < -0.39 is 11.4 Å². The number of halogens is 1. The van der Waals surface area contributed by atoms with Gasteiger partial charge in [0.15, 0.2) is 0 Å². The summed E-state index contributed by atoms with van der Waals surface area (Å²) in [5, 5.41) is 14.3. The molecule has 0 amide bonds. The van der Waals surface area contributed by atoms with E-state index in [1.165, 1.54) is 0 Å². The lowest BCUT2D eigenvalue weighted by atomic mass is 9.66. The van der Waals surface area contributed by atoms with E-state index in [2.05, 4.69) is 5.10 Å². The van der Waals surface area contributed by atoms with Crippen LogP contribution in [0.15, 0.2) is 0 Å². The number of rotatable bonds is 4. The van der Waals surface area contributed by atoms with Crippen molar-refractivity contribution in [2.45, 2.75) is 39.0 Å². The molecule has 1 aliphatic rings. The van der Waals surface area contributed by atoms with Crippen LogP contribution in [0.4, 0.5) is 0 Å². The number of carboxylic acids is 1. The number of aliphatic carboxylic acids is 1. The highest BCUT2D eigenvalue weighted by molar-refractivity contribution is 6.31. The molecule has 94 valence electrons. The highest BCUT2D eigenvalue weighted by Crippen LogP contribution is 2.45. The molecule has 0 radical (unpaired) electrons. The van der Waals surface area contributed by atoms with Crippen molar-refractivity contribution in [3.05, 3.63) is 16.4 Å². The Morgan fingerprint density at radius 3 is 2.59 bits per heavy atom. The van der Waals surface area contributed by atoms with Crippen LogP contribution in [0, 0.1) is 5.41 Å². The third-order valence-electron chi connectivity index (χ3n) is 3.77. The maximum atomic E-state index is 11.3. The maximum Gasteiger partial charge on any atom is 0.310 e. The molecule has 5 heteroatoms. The highest BCUT2D eigenvalue weighted by atomic mass is 35.5. The molecule has 0 bridgehead atoms. The van der Waals surface area contributed by atoms with Gasteiger partial charge in [-0.1, -0.05) is 24.9 Å². The maximum absolute atomic E-state index is 11.3. The molecule has 1 aromatic rings. The Morgan fingerprint density at radius 2 is 2.24 bits per heavy atom. The number of carboxylic acid groups (broad SMARTS) is 1. The van der Waals surface area contributed by atoms with Gasteiger partial charge in [0.1, 0.15) is 0 Å². The molecule has 1 fully saturated rings. The molecule has 1 aromatic heterocycles. The van der Waals surface area contributed by atoms with Crippen LogP contribution in [0.25, 0.3) is 0 Å². The molecule has 0 unspecified atom stereocenters. The minimum atomic E-state index is -0.709. The van der Waals surface area contributed by atoms with E-state index in [0.717, 1.165) is 37.1 Å². The monoisotopic (exact) mass is 256 g/mol. The first-order valence-corrected chi connectivity index (χ1v) is 6.31. The summed E-state index contributed by atoms with van der Waals surface area (Å²) in [4.78, 5) is 11.3. The van der Waals surface area contributed by atoms with Gasteiger partial charge in [0.25, 0.3) is 0 Å². The Kier molecular flexibility index (Phi) is 3.17. The first kappa shape index (κ1) is 12.4. The van der Waals surface area contributed by atoms with Crippen molar-refractivity contribution in [2.75, 3.05) is 0 Å². The molecule has 1 heterocycles. The Morgan fingerprint density at radius 1 is 1.59 bits per heavy atom. The molecule has 0 aromatic carbocycles.